The lowest BCUT2D eigenvalue weighted by atomic mass is 10.1. The molecule has 100 valence electrons. The van der Waals surface area contributed by atoms with Gasteiger partial charge in [0.2, 0.25) is 10.6 Å². The first-order valence-corrected chi connectivity index (χ1v) is 6.15. The Labute approximate surface area is 120 Å². The number of benzene rings is 1. The van der Waals surface area contributed by atoms with E-state index in [1.54, 1.807) is 7.11 Å². The molecule has 0 atom stereocenters. The van der Waals surface area contributed by atoms with Gasteiger partial charge in [0.15, 0.2) is 11.5 Å². The van der Waals surface area contributed by atoms with E-state index in [0.29, 0.717) is 11.5 Å². The van der Waals surface area contributed by atoms with E-state index in [1.807, 2.05) is 26.0 Å². The van der Waals surface area contributed by atoms with Crippen LogP contribution in [0.1, 0.15) is 11.1 Å². The van der Waals surface area contributed by atoms with Crippen molar-refractivity contribution in [3.63, 3.8) is 0 Å². The summed E-state index contributed by atoms with van der Waals surface area (Å²) in [5.41, 5.74) is 1.96. The minimum atomic E-state index is -0.0290. The third-order valence-corrected chi connectivity index (χ3v) is 2.70. The molecule has 0 saturated heterocycles. The lowest BCUT2D eigenvalue weighted by Crippen LogP contribution is -1.99. The van der Waals surface area contributed by atoms with Gasteiger partial charge in [0.25, 0.3) is 0 Å². The smallest absolute Gasteiger partial charge is 0.327 e. The van der Waals surface area contributed by atoms with E-state index < -0.39 is 0 Å². The minimum Gasteiger partial charge on any atom is -0.493 e. The van der Waals surface area contributed by atoms with Gasteiger partial charge in [-0.05, 0) is 54.2 Å². The number of hydrogen-bond acceptors (Lipinski definition) is 5. The summed E-state index contributed by atoms with van der Waals surface area (Å²) < 4.78 is 10.9. The molecular formula is C12H11Cl2N3O2. The maximum atomic E-state index is 5.70. The van der Waals surface area contributed by atoms with Crippen LogP contribution in [-0.4, -0.2) is 22.1 Å². The third kappa shape index (κ3) is 3.24. The van der Waals surface area contributed by atoms with Gasteiger partial charge in [-0.2, -0.15) is 15.0 Å². The number of nitrogens with zero attached hydrogens (tertiary/aromatic N) is 3. The number of rotatable bonds is 3. The lowest BCUT2D eigenvalue weighted by Gasteiger charge is -2.12. The van der Waals surface area contributed by atoms with E-state index in [1.165, 1.54) is 0 Å². The summed E-state index contributed by atoms with van der Waals surface area (Å²) in [7, 11) is 1.56. The molecule has 1 heterocycles. The Balaban J connectivity index is 2.42. The summed E-state index contributed by atoms with van der Waals surface area (Å²) in [6.45, 7) is 3.87. The number of aromatic nitrogens is 3. The zero-order valence-electron chi connectivity index (χ0n) is 10.6. The minimum absolute atomic E-state index is 0.0234. The molecule has 0 amide bonds. The highest BCUT2D eigenvalue weighted by molar-refractivity contribution is 6.31. The van der Waals surface area contributed by atoms with Crippen molar-refractivity contribution in [3.8, 4) is 17.5 Å². The van der Waals surface area contributed by atoms with Crippen molar-refractivity contribution >= 4 is 23.2 Å². The van der Waals surface area contributed by atoms with Crippen molar-refractivity contribution in [1.82, 2.24) is 15.0 Å². The molecule has 2 rings (SSSR count). The Hall–Kier alpha value is -1.59. The molecule has 1 aromatic carbocycles. The van der Waals surface area contributed by atoms with Crippen LogP contribution in [0.2, 0.25) is 10.6 Å². The fourth-order valence-electron chi connectivity index (χ4n) is 1.64. The zero-order chi connectivity index (χ0) is 14.0. The molecule has 0 aliphatic carbocycles. The first-order valence-electron chi connectivity index (χ1n) is 5.39. The zero-order valence-corrected chi connectivity index (χ0v) is 12.1. The number of halogens is 2. The van der Waals surface area contributed by atoms with Crippen LogP contribution in [0.15, 0.2) is 12.1 Å². The lowest BCUT2D eigenvalue weighted by molar-refractivity contribution is 0.365. The van der Waals surface area contributed by atoms with Gasteiger partial charge in [0.1, 0.15) is 0 Å². The normalized spacial score (nSPS) is 10.4. The van der Waals surface area contributed by atoms with Crippen molar-refractivity contribution in [2.24, 2.45) is 0 Å². The average Bonchev–Trinajstić information content (AvgIpc) is 2.31. The van der Waals surface area contributed by atoms with Gasteiger partial charge in [-0.3, -0.25) is 0 Å². The van der Waals surface area contributed by atoms with Gasteiger partial charge in [-0.15, -0.1) is 0 Å². The molecule has 0 fully saturated rings. The van der Waals surface area contributed by atoms with Gasteiger partial charge in [-0.25, -0.2) is 0 Å². The van der Waals surface area contributed by atoms with Crippen LogP contribution in [0.25, 0.3) is 0 Å². The van der Waals surface area contributed by atoms with E-state index >= 15 is 0 Å². The standard InChI is InChI=1S/C12H11Cl2N3O2/c1-6-4-7(2)9(8(5-6)18-3)19-12-16-10(13)15-11(14)17-12/h4-5H,1-3H3. The van der Waals surface area contributed by atoms with Crippen LogP contribution in [0, 0.1) is 13.8 Å². The summed E-state index contributed by atoms with van der Waals surface area (Å²) in [6, 6.07) is 3.84. The average molecular weight is 300 g/mol. The quantitative estimate of drug-likeness (QED) is 0.867. The van der Waals surface area contributed by atoms with Crippen molar-refractivity contribution in [2.75, 3.05) is 7.11 Å². The molecule has 0 bridgehead atoms. The Morgan fingerprint density at radius 1 is 1.00 bits per heavy atom. The first-order chi connectivity index (χ1) is 8.99. The monoisotopic (exact) mass is 299 g/mol. The molecule has 19 heavy (non-hydrogen) atoms. The Bertz CT molecular complexity index is 600. The molecule has 0 unspecified atom stereocenters. The maximum Gasteiger partial charge on any atom is 0.327 e. The molecule has 0 radical (unpaired) electrons. The molecule has 7 heteroatoms. The second kappa shape index (κ2) is 5.59. The highest BCUT2D eigenvalue weighted by Gasteiger charge is 2.13. The van der Waals surface area contributed by atoms with E-state index in [9.17, 15) is 0 Å². The second-order valence-corrected chi connectivity index (χ2v) is 4.55. The van der Waals surface area contributed by atoms with Crippen LogP contribution in [0.3, 0.4) is 0 Å². The van der Waals surface area contributed by atoms with Gasteiger partial charge >= 0.3 is 6.01 Å². The Morgan fingerprint density at radius 2 is 1.63 bits per heavy atom. The SMILES string of the molecule is COc1cc(C)cc(C)c1Oc1nc(Cl)nc(Cl)n1. The second-order valence-electron chi connectivity index (χ2n) is 3.87. The number of methoxy groups -OCH3 is 1. The number of hydrogen-bond donors (Lipinski definition) is 0. The summed E-state index contributed by atoms with van der Waals surface area (Å²) in [4.78, 5) is 11.4. The Morgan fingerprint density at radius 3 is 2.21 bits per heavy atom. The summed E-state index contributed by atoms with van der Waals surface area (Å²) in [6.07, 6.45) is 0. The molecule has 2 aromatic rings. The highest BCUT2D eigenvalue weighted by Crippen LogP contribution is 2.35. The van der Waals surface area contributed by atoms with Gasteiger partial charge in [-0.1, -0.05) is 6.07 Å². The highest BCUT2D eigenvalue weighted by atomic mass is 35.5. The molecule has 0 N–H and O–H groups in total. The summed E-state index contributed by atoms with van der Waals surface area (Å²) in [5, 5.41) is -0.0579. The maximum absolute atomic E-state index is 5.70. The topological polar surface area (TPSA) is 57.1 Å². The molecule has 0 saturated carbocycles. The van der Waals surface area contributed by atoms with Crippen molar-refractivity contribution < 1.29 is 9.47 Å². The first kappa shape index (κ1) is 13.8. The van der Waals surface area contributed by atoms with Crippen LogP contribution in [0.4, 0.5) is 0 Å². The largest absolute Gasteiger partial charge is 0.493 e. The van der Waals surface area contributed by atoms with E-state index in [-0.39, 0.29) is 16.6 Å². The van der Waals surface area contributed by atoms with Gasteiger partial charge < -0.3 is 9.47 Å². The fraction of sp³-hybridized carbons (Fsp3) is 0.250. The van der Waals surface area contributed by atoms with Crippen molar-refractivity contribution in [3.05, 3.63) is 33.8 Å². The fourth-order valence-corrected chi connectivity index (χ4v) is 1.99. The summed E-state index contributed by atoms with van der Waals surface area (Å²) in [5.74, 6) is 1.11. The summed E-state index contributed by atoms with van der Waals surface area (Å²) >= 11 is 11.4. The number of ether oxygens (including phenoxy) is 2. The van der Waals surface area contributed by atoms with E-state index in [0.717, 1.165) is 11.1 Å². The van der Waals surface area contributed by atoms with Gasteiger partial charge in [0.05, 0.1) is 7.11 Å². The predicted octanol–water partition coefficient (Wildman–Crippen LogP) is 3.60. The number of aryl methyl sites for hydroxylation is 2. The van der Waals surface area contributed by atoms with Gasteiger partial charge in [0, 0.05) is 0 Å². The van der Waals surface area contributed by atoms with Crippen molar-refractivity contribution in [1.29, 1.82) is 0 Å². The molecule has 0 aliphatic heterocycles. The van der Waals surface area contributed by atoms with E-state index in [2.05, 4.69) is 15.0 Å². The van der Waals surface area contributed by atoms with E-state index in [4.69, 9.17) is 32.7 Å². The predicted molar refractivity (Wildman–Crippen MR) is 72.4 cm³/mol. The van der Waals surface area contributed by atoms with Crippen LogP contribution < -0.4 is 9.47 Å². The molecule has 1 aromatic heterocycles. The van der Waals surface area contributed by atoms with Crippen LogP contribution in [-0.2, 0) is 0 Å². The van der Waals surface area contributed by atoms with Crippen LogP contribution in [0.5, 0.6) is 17.5 Å². The van der Waals surface area contributed by atoms with Crippen molar-refractivity contribution in [2.45, 2.75) is 13.8 Å². The molecule has 0 spiro atoms. The third-order valence-electron chi connectivity index (χ3n) is 2.36. The Kier molecular flexibility index (Phi) is 4.07. The molecule has 0 aliphatic rings. The molecular weight excluding hydrogens is 289 g/mol. The van der Waals surface area contributed by atoms with Crippen LogP contribution >= 0.6 is 23.2 Å². The molecule has 5 nitrogen and oxygen atoms in total.